The molecule has 0 radical (unpaired) electrons. The van der Waals surface area contributed by atoms with Crippen LogP contribution in [0.2, 0.25) is 0 Å². The van der Waals surface area contributed by atoms with E-state index in [0.29, 0.717) is 0 Å². The monoisotopic (exact) mass is 334 g/mol. The molecule has 0 unspecified atom stereocenters. The quantitative estimate of drug-likeness (QED) is 0.453. The van der Waals surface area contributed by atoms with Crippen LogP contribution < -0.4 is 0 Å². The van der Waals surface area contributed by atoms with Gasteiger partial charge in [-0.1, -0.05) is 83.9 Å². The summed E-state index contributed by atoms with van der Waals surface area (Å²) in [6, 6.07) is 25.2. The summed E-state index contributed by atoms with van der Waals surface area (Å²) in [7, 11) is 0. The molecule has 0 saturated heterocycles. The summed E-state index contributed by atoms with van der Waals surface area (Å²) in [6.45, 7) is 4.19. The third-order valence-electron chi connectivity index (χ3n) is 4.09. The highest BCUT2D eigenvalue weighted by Crippen LogP contribution is 2.09. The van der Waals surface area contributed by atoms with E-state index in [1.807, 2.05) is 24.3 Å². The van der Waals surface area contributed by atoms with Crippen molar-refractivity contribution in [1.29, 1.82) is 0 Å². The molecule has 0 aliphatic rings. The van der Waals surface area contributed by atoms with Crippen molar-refractivity contribution < 1.29 is 0 Å². The summed E-state index contributed by atoms with van der Waals surface area (Å²) in [4.78, 5) is 0. The van der Waals surface area contributed by atoms with Crippen LogP contribution in [-0.4, -0.2) is 0 Å². The van der Waals surface area contributed by atoms with Gasteiger partial charge < -0.3 is 0 Å². The predicted molar refractivity (Wildman–Crippen MR) is 114 cm³/mol. The van der Waals surface area contributed by atoms with Gasteiger partial charge in [0, 0.05) is 0 Å². The Balaban J connectivity index is 1.66. The van der Waals surface area contributed by atoms with Gasteiger partial charge in [-0.25, -0.2) is 0 Å². The van der Waals surface area contributed by atoms with Crippen molar-refractivity contribution in [3.63, 3.8) is 0 Å². The number of benzene rings is 3. The van der Waals surface area contributed by atoms with Crippen molar-refractivity contribution >= 4 is 24.3 Å². The molecule has 0 nitrogen and oxygen atoms in total. The van der Waals surface area contributed by atoms with Crippen molar-refractivity contribution in [3.8, 4) is 0 Å². The van der Waals surface area contributed by atoms with E-state index in [0.717, 1.165) is 22.3 Å². The van der Waals surface area contributed by atoms with E-state index in [4.69, 9.17) is 0 Å². The Morgan fingerprint density at radius 2 is 0.654 bits per heavy atom. The topological polar surface area (TPSA) is 0 Å². The van der Waals surface area contributed by atoms with E-state index >= 15 is 0 Å². The molecule has 26 heavy (non-hydrogen) atoms. The molecule has 0 heterocycles. The Morgan fingerprint density at radius 1 is 0.423 bits per heavy atom. The fraction of sp³-hybridized carbons (Fsp3) is 0.0769. The Bertz CT molecular complexity index is 885. The van der Waals surface area contributed by atoms with Crippen molar-refractivity contribution in [2.75, 3.05) is 0 Å². The van der Waals surface area contributed by atoms with Crippen LogP contribution in [0, 0.1) is 13.8 Å². The van der Waals surface area contributed by atoms with Gasteiger partial charge in [-0.05, 0) is 60.4 Å². The first-order valence-corrected chi connectivity index (χ1v) is 8.77. The molecular formula is C26H22. The van der Waals surface area contributed by atoms with Gasteiger partial charge in [-0.2, -0.15) is 0 Å². The lowest BCUT2D eigenvalue weighted by Gasteiger charge is -1.94. The lowest BCUT2D eigenvalue weighted by Crippen LogP contribution is -1.74. The van der Waals surface area contributed by atoms with Crippen LogP contribution in [0.3, 0.4) is 0 Å². The van der Waals surface area contributed by atoms with Crippen LogP contribution in [0.1, 0.15) is 33.4 Å². The molecule has 0 aliphatic heterocycles. The second kappa shape index (κ2) is 8.70. The largest absolute Gasteiger partial charge is 0.120 e. The molecule has 0 aliphatic carbocycles. The highest BCUT2D eigenvalue weighted by molar-refractivity contribution is 5.61. The van der Waals surface area contributed by atoms with Gasteiger partial charge in [0.2, 0.25) is 0 Å². The van der Waals surface area contributed by atoms with E-state index in [9.17, 15) is 0 Å². The molecule has 0 saturated carbocycles. The van der Waals surface area contributed by atoms with Crippen LogP contribution in [0.5, 0.6) is 0 Å². The smallest absolute Gasteiger partial charge is 0.0127 e. The van der Waals surface area contributed by atoms with Crippen LogP contribution in [0.25, 0.3) is 24.3 Å². The fourth-order valence-electron chi connectivity index (χ4n) is 2.48. The van der Waals surface area contributed by atoms with Gasteiger partial charge in [-0.3, -0.25) is 0 Å². The maximum atomic E-state index is 3.24. The fourth-order valence-corrected chi connectivity index (χ4v) is 2.48. The third kappa shape index (κ3) is 5.36. The zero-order valence-electron chi connectivity index (χ0n) is 15.2. The number of rotatable bonds is 4. The average Bonchev–Trinajstić information content (AvgIpc) is 2.66. The minimum atomic E-state index is 1.13. The summed E-state index contributed by atoms with van der Waals surface area (Å²) >= 11 is 0. The zero-order chi connectivity index (χ0) is 18.2. The van der Waals surface area contributed by atoms with E-state index < -0.39 is 0 Å². The molecule has 0 atom stereocenters. The number of hydrogen-bond donors (Lipinski definition) is 0. The van der Waals surface area contributed by atoms with E-state index in [-0.39, 0.29) is 0 Å². The van der Waals surface area contributed by atoms with Crippen molar-refractivity contribution in [2.45, 2.75) is 13.8 Å². The van der Waals surface area contributed by atoms with Gasteiger partial charge >= 0.3 is 0 Å². The third-order valence-corrected chi connectivity index (χ3v) is 4.09. The molecule has 0 aromatic heterocycles. The minimum Gasteiger partial charge on any atom is -0.120 e. The molecule has 126 valence electrons. The highest BCUT2D eigenvalue weighted by atomic mass is 13.9. The van der Waals surface area contributed by atoms with E-state index in [2.05, 4.69) is 98.1 Å². The lowest BCUT2D eigenvalue weighted by atomic mass is 10.1. The number of aryl methyl sites for hydroxylation is 2. The van der Waals surface area contributed by atoms with Gasteiger partial charge in [0.05, 0.1) is 0 Å². The van der Waals surface area contributed by atoms with Gasteiger partial charge in [0.1, 0.15) is 0 Å². The summed E-state index contributed by atoms with van der Waals surface area (Å²) in [5, 5.41) is 0. The minimum absolute atomic E-state index is 1.13. The molecule has 0 heteroatoms. The summed E-state index contributed by atoms with van der Waals surface area (Å²) in [6.07, 6.45) is 7.99. The van der Waals surface area contributed by atoms with Crippen LogP contribution >= 0.6 is 0 Å². The van der Waals surface area contributed by atoms with E-state index in [1.54, 1.807) is 0 Å². The molecular weight excluding hydrogens is 312 g/mol. The maximum absolute atomic E-state index is 3.24. The maximum Gasteiger partial charge on any atom is -0.0127 e. The molecule has 3 aromatic rings. The Morgan fingerprint density at radius 3 is 0.923 bits per heavy atom. The molecule has 0 spiro atoms. The molecule has 0 bridgehead atoms. The first-order valence-electron chi connectivity index (χ1n) is 8.77. The Hall–Kier alpha value is -3.30. The van der Waals surface area contributed by atoms with Crippen molar-refractivity contribution in [3.05, 3.63) is 118 Å². The SMILES string of the molecule is Cc1ccc(C=C=Cc2ccc(C=C=Cc3ccc(C)cc3)cc2)cc1. The summed E-state index contributed by atoms with van der Waals surface area (Å²) < 4.78 is 0. The van der Waals surface area contributed by atoms with Crippen LogP contribution in [-0.2, 0) is 0 Å². The molecule has 3 rings (SSSR count). The first kappa shape index (κ1) is 17.5. The van der Waals surface area contributed by atoms with Crippen LogP contribution in [0.4, 0.5) is 0 Å². The van der Waals surface area contributed by atoms with Gasteiger partial charge in [0.25, 0.3) is 0 Å². The van der Waals surface area contributed by atoms with Crippen LogP contribution in [0.15, 0.2) is 84.3 Å². The average molecular weight is 334 g/mol. The second-order valence-corrected chi connectivity index (χ2v) is 6.40. The summed E-state index contributed by atoms with van der Waals surface area (Å²) in [5.74, 6) is 0. The first-order chi connectivity index (χ1) is 12.7. The number of hydrogen-bond acceptors (Lipinski definition) is 0. The molecule has 0 amide bonds. The molecule has 0 fully saturated rings. The molecule has 3 aromatic carbocycles. The second-order valence-electron chi connectivity index (χ2n) is 6.40. The summed E-state index contributed by atoms with van der Waals surface area (Å²) in [5.41, 5.74) is 13.6. The Kier molecular flexibility index (Phi) is 5.86. The highest BCUT2D eigenvalue weighted by Gasteiger charge is 1.89. The zero-order valence-corrected chi connectivity index (χ0v) is 15.2. The van der Waals surface area contributed by atoms with Crippen molar-refractivity contribution in [2.24, 2.45) is 0 Å². The Labute approximate surface area is 156 Å². The van der Waals surface area contributed by atoms with Gasteiger partial charge in [0.15, 0.2) is 0 Å². The van der Waals surface area contributed by atoms with Crippen molar-refractivity contribution in [1.82, 2.24) is 0 Å². The standard InChI is InChI=1S/C26H22/c1-21-9-13-23(14-10-21)5-3-7-25-17-19-26(20-18-25)8-4-6-24-15-11-22(2)12-16-24/h5-20H,1-2H3. The van der Waals surface area contributed by atoms with Gasteiger partial charge in [-0.15, -0.1) is 11.5 Å². The van der Waals surface area contributed by atoms with E-state index in [1.165, 1.54) is 11.1 Å². The lowest BCUT2D eigenvalue weighted by molar-refractivity contribution is 1.46. The predicted octanol–water partition coefficient (Wildman–Crippen LogP) is 6.95. The molecule has 0 N–H and O–H groups in total. The normalized spacial score (nSPS) is 9.62.